The first-order valence-corrected chi connectivity index (χ1v) is 19.7. The van der Waals surface area contributed by atoms with Gasteiger partial charge in [0.15, 0.2) is 17.7 Å². The molecule has 4 heterocycles. The molecule has 3 saturated heterocycles. The van der Waals surface area contributed by atoms with Gasteiger partial charge in [-0.1, -0.05) is 39.0 Å². The number of aromatic nitrogens is 1. The van der Waals surface area contributed by atoms with Crippen molar-refractivity contribution in [3.8, 4) is 0 Å². The van der Waals surface area contributed by atoms with E-state index in [-0.39, 0.29) is 30.6 Å². The number of nitrogens with two attached hydrogens (primary N) is 1. The Labute approximate surface area is 325 Å². The molecule has 14 nitrogen and oxygen atoms in total. The molecular formula is C41H63N5O9. The number of likely N-dealkylation sites (N-methyl/N-ethyl adjacent to an activating group) is 1. The van der Waals surface area contributed by atoms with E-state index >= 15 is 0 Å². The summed E-state index contributed by atoms with van der Waals surface area (Å²) in [7, 11) is 5.34. The second-order valence-corrected chi connectivity index (χ2v) is 16.8. The van der Waals surface area contributed by atoms with Crippen LogP contribution < -0.4 is 11.2 Å². The van der Waals surface area contributed by atoms with Gasteiger partial charge in [-0.25, -0.2) is 15.2 Å². The summed E-state index contributed by atoms with van der Waals surface area (Å²) in [5, 5.41) is 14.0. The van der Waals surface area contributed by atoms with Crippen LogP contribution in [0, 0.1) is 23.7 Å². The van der Waals surface area contributed by atoms with E-state index in [9.17, 15) is 19.5 Å². The fraction of sp³-hybridized carbons (Fsp3) is 0.707. The van der Waals surface area contributed by atoms with Gasteiger partial charge in [-0.3, -0.25) is 14.6 Å². The lowest BCUT2D eigenvalue weighted by molar-refractivity contribution is -0.295. The van der Waals surface area contributed by atoms with Crippen LogP contribution in [0.3, 0.4) is 0 Å². The summed E-state index contributed by atoms with van der Waals surface area (Å²) in [6.45, 7) is 12.9. The number of cyclic esters (lactones) is 1. The average Bonchev–Trinajstić information content (AvgIpc) is 3.41. The average molecular weight is 770 g/mol. The highest BCUT2D eigenvalue weighted by Gasteiger charge is 2.57. The van der Waals surface area contributed by atoms with Crippen molar-refractivity contribution in [2.45, 2.75) is 128 Å². The number of methoxy groups -OCH3 is 1. The molecule has 3 fully saturated rings. The highest BCUT2D eigenvalue weighted by Crippen LogP contribution is 2.41. The number of esters is 1. The number of Topliss-reactive ketones (excluding diaryl/α,β-unsaturated/α-hetero) is 1. The maximum atomic E-state index is 14.2. The number of ketones is 1. The second-order valence-electron chi connectivity index (χ2n) is 16.8. The second kappa shape index (κ2) is 17.5. The first kappa shape index (κ1) is 42.9. The highest BCUT2D eigenvalue weighted by atomic mass is 16.7. The number of amides is 1. The van der Waals surface area contributed by atoms with E-state index in [1.165, 1.54) is 11.9 Å². The lowest BCUT2D eigenvalue weighted by atomic mass is 9.73. The van der Waals surface area contributed by atoms with E-state index in [0.717, 1.165) is 22.9 Å². The Morgan fingerprint density at radius 1 is 1.09 bits per heavy atom. The Kier molecular flexibility index (Phi) is 13.6. The summed E-state index contributed by atoms with van der Waals surface area (Å²) in [4.78, 5) is 47.8. The smallest absolute Gasteiger partial charge is 0.425 e. The van der Waals surface area contributed by atoms with E-state index in [1.54, 1.807) is 27.2 Å². The van der Waals surface area contributed by atoms with Gasteiger partial charge < -0.3 is 39.4 Å². The van der Waals surface area contributed by atoms with Crippen LogP contribution in [0.4, 0.5) is 4.79 Å². The van der Waals surface area contributed by atoms with Gasteiger partial charge in [0.05, 0.1) is 29.4 Å². The zero-order valence-corrected chi connectivity index (χ0v) is 34.2. The molecule has 13 atom stereocenters. The zero-order valence-electron chi connectivity index (χ0n) is 34.2. The van der Waals surface area contributed by atoms with Gasteiger partial charge in [0.1, 0.15) is 18.6 Å². The fourth-order valence-electron chi connectivity index (χ4n) is 9.02. The summed E-state index contributed by atoms with van der Waals surface area (Å²) in [5.74, 6) is -3.82. The predicted octanol–water partition coefficient (Wildman–Crippen LogP) is 3.86. The highest BCUT2D eigenvalue weighted by molar-refractivity contribution is 6.00. The molecule has 1 unspecified atom stereocenters. The third-order valence-electron chi connectivity index (χ3n) is 12.4. The Balaban J connectivity index is 1.41. The van der Waals surface area contributed by atoms with Gasteiger partial charge >= 0.3 is 12.1 Å². The summed E-state index contributed by atoms with van der Waals surface area (Å²) >= 11 is 0. The van der Waals surface area contributed by atoms with E-state index in [1.807, 2.05) is 71.0 Å². The van der Waals surface area contributed by atoms with Gasteiger partial charge in [0.25, 0.3) is 0 Å². The number of hydrazine groups is 1. The van der Waals surface area contributed by atoms with Crippen molar-refractivity contribution in [2.24, 2.45) is 29.4 Å². The lowest BCUT2D eigenvalue weighted by Gasteiger charge is -2.47. The van der Waals surface area contributed by atoms with Crippen LogP contribution in [0.5, 0.6) is 0 Å². The Morgan fingerprint density at radius 2 is 1.80 bits per heavy atom. The molecule has 1 aromatic carbocycles. The summed E-state index contributed by atoms with van der Waals surface area (Å²) in [6, 6.07) is 8.61. The first-order valence-electron chi connectivity index (χ1n) is 19.7. The number of para-hydroxylation sites is 1. The molecule has 0 saturated carbocycles. The third-order valence-corrected chi connectivity index (χ3v) is 12.4. The molecule has 5 rings (SSSR count). The van der Waals surface area contributed by atoms with Crippen molar-refractivity contribution < 1.29 is 43.2 Å². The van der Waals surface area contributed by atoms with Gasteiger partial charge in [-0.05, 0) is 97.0 Å². The number of carbonyl (C=O) groups excluding carboxylic acids is 3. The largest absolute Gasteiger partial charge is 0.461 e. The number of carbonyl (C=O) groups is 3. The van der Waals surface area contributed by atoms with Crippen molar-refractivity contribution in [1.82, 2.24) is 20.3 Å². The SMILES string of the molecule is CO[C@]1(C)C[C@@H](C)C(N)[C@@H](C)[C@H]2N(NCCCc3ccnc4ccccc34)C(=O)O[C@]2(C)COC(=O)[C@H](C)C(=O)[C@H](C)[C@H]1O[C@@H]1O[C@H](C)C[C@H](N(C)C)[C@H]1O. The van der Waals surface area contributed by atoms with Crippen molar-refractivity contribution in [3.05, 3.63) is 42.1 Å². The third kappa shape index (κ3) is 9.01. The van der Waals surface area contributed by atoms with E-state index in [0.29, 0.717) is 25.8 Å². The summed E-state index contributed by atoms with van der Waals surface area (Å²) in [6.07, 6.45) is 0.381. The molecular weight excluding hydrogens is 706 g/mol. The normalized spacial score (nSPS) is 38.1. The molecule has 55 heavy (non-hydrogen) atoms. The Morgan fingerprint density at radius 3 is 2.49 bits per heavy atom. The molecule has 14 heteroatoms. The number of hydrogen-bond acceptors (Lipinski definition) is 13. The number of fused-ring (bicyclic) bond motifs is 2. The number of benzene rings is 1. The van der Waals surface area contributed by atoms with Crippen LogP contribution in [0.25, 0.3) is 10.9 Å². The van der Waals surface area contributed by atoms with Crippen LogP contribution in [-0.4, -0.2) is 126 Å². The zero-order chi connectivity index (χ0) is 40.4. The molecule has 0 radical (unpaired) electrons. The van der Waals surface area contributed by atoms with Crippen LogP contribution >= 0.6 is 0 Å². The topological polar surface area (TPSA) is 175 Å². The fourth-order valence-corrected chi connectivity index (χ4v) is 9.02. The number of nitrogens with one attached hydrogen (secondary N) is 1. The van der Waals surface area contributed by atoms with E-state index in [2.05, 4.69) is 16.5 Å². The minimum Gasteiger partial charge on any atom is -0.461 e. The summed E-state index contributed by atoms with van der Waals surface area (Å²) < 4.78 is 30.8. The molecule has 1 amide bonds. The van der Waals surface area contributed by atoms with E-state index < -0.39 is 71.5 Å². The maximum absolute atomic E-state index is 14.2. The maximum Gasteiger partial charge on any atom is 0.425 e. The molecule has 1 aromatic heterocycles. The number of nitrogens with zero attached hydrogens (tertiary/aromatic N) is 3. The van der Waals surface area contributed by atoms with Gasteiger partial charge in [0.2, 0.25) is 0 Å². The van der Waals surface area contributed by atoms with Gasteiger partial charge in [-0.2, -0.15) is 0 Å². The lowest BCUT2D eigenvalue weighted by Crippen LogP contribution is -2.61. The quantitative estimate of drug-likeness (QED) is 0.191. The minimum absolute atomic E-state index is 0.223. The molecule has 0 aliphatic carbocycles. The first-order chi connectivity index (χ1) is 25.9. The Hall–Kier alpha value is -3.24. The Bertz CT molecular complexity index is 1660. The standard InChI is InChI=1S/C41H63N5O9/c1-23-21-40(6,51-10)36(54-38-34(48)31(45(8)9)20-24(2)53-38)26(4)33(47)27(5)37(49)52-22-41(7)35(25(3)32(23)42)46(39(50)55-41)44-18-13-14-28-17-19-43-30-16-12-11-15-29(28)30/h11-12,15-17,19,23-27,31-32,34-36,38,44,48H,13-14,18,20-22,42H2,1-10H3/t23-,24-,25-,26+,27-,31+,32?,34-,35-,36-,38+,40-,41-/m1/s1. The number of hydrogen-bond donors (Lipinski definition) is 3. The number of aryl methyl sites for hydroxylation is 1. The summed E-state index contributed by atoms with van der Waals surface area (Å²) in [5.41, 5.74) is 10.1. The number of aliphatic hydroxyl groups excluding tert-OH is 1. The molecule has 306 valence electrons. The number of ether oxygens (including phenoxy) is 5. The van der Waals surface area contributed by atoms with Crippen molar-refractivity contribution in [2.75, 3.05) is 34.4 Å². The van der Waals surface area contributed by atoms with Crippen LogP contribution in [-0.2, 0) is 39.7 Å². The van der Waals surface area contributed by atoms with Gasteiger partial charge in [-0.15, -0.1) is 0 Å². The van der Waals surface area contributed by atoms with Crippen molar-refractivity contribution in [1.29, 1.82) is 0 Å². The molecule has 3 aliphatic rings. The van der Waals surface area contributed by atoms with Crippen LogP contribution in [0.15, 0.2) is 36.5 Å². The molecule has 4 N–H and O–H groups in total. The van der Waals surface area contributed by atoms with Crippen LogP contribution in [0.2, 0.25) is 0 Å². The number of pyridine rings is 1. The molecule has 3 aliphatic heterocycles. The van der Waals surface area contributed by atoms with Crippen molar-refractivity contribution >= 4 is 28.7 Å². The number of aliphatic hydroxyl groups is 1. The molecule has 2 aromatic rings. The molecule has 0 bridgehead atoms. The van der Waals surface area contributed by atoms with Gasteiger partial charge in [0, 0.05) is 43.2 Å². The van der Waals surface area contributed by atoms with Crippen molar-refractivity contribution in [3.63, 3.8) is 0 Å². The minimum atomic E-state index is -1.28. The number of rotatable bonds is 9. The van der Waals surface area contributed by atoms with E-state index in [4.69, 9.17) is 29.4 Å². The monoisotopic (exact) mass is 769 g/mol. The molecule has 0 spiro atoms. The van der Waals surface area contributed by atoms with Crippen LogP contribution in [0.1, 0.15) is 73.3 Å². The predicted molar refractivity (Wildman–Crippen MR) is 207 cm³/mol.